The Morgan fingerprint density at radius 3 is 2.65 bits per heavy atom. The number of hydrogen-bond donors (Lipinski definition) is 0. The summed E-state index contributed by atoms with van der Waals surface area (Å²) in [6.07, 6.45) is 0. The molecule has 1 rings (SSSR count). The SMILES string of the molecule is COCCN(C(=O)c1cc(C)nc(Cl)c1)C(C)COC. The van der Waals surface area contributed by atoms with Gasteiger partial charge in [0.05, 0.1) is 19.3 Å². The predicted octanol–water partition coefficient (Wildman–Crippen LogP) is 2.17. The lowest BCUT2D eigenvalue weighted by atomic mass is 10.1. The number of pyridine rings is 1. The summed E-state index contributed by atoms with van der Waals surface area (Å²) in [6, 6.07) is 3.26. The van der Waals surface area contributed by atoms with Gasteiger partial charge in [-0.2, -0.15) is 0 Å². The smallest absolute Gasteiger partial charge is 0.254 e. The third-order valence-electron chi connectivity index (χ3n) is 2.91. The number of hydrogen-bond acceptors (Lipinski definition) is 4. The van der Waals surface area contributed by atoms with Gasteiger partial charge in [-0.15, -0.1) is 0 Å². The molecule has 0 aliphatic rings. The van der Waals surface area contributed by atoms with E-state index in [1.807, 2.05) is 6.92 Å². The normalized spacial score (nSPS) is 12.2. The maximum absolute atomic E-state index is 12.6. The van der Waals surface area contributed by atoms with Gasteiger partial charge in [-0.05, 0) is 26.0 Å². The second-order valence-corrected chi connectivity index (χ2v) is 5.00. The fourth-order valence-electron chi connectivity index (χ4n) is 1.96. The van der Waals surface area contributed by atoms with E-state index in [9.17, 15) is 4.79 Å². The van der Waals surface area contributed by atoms with Crippen LogP contribution in [-0.2, 0) is 9.47 Å². The maximum atomic E-state index is 12.6. The van der Waals surface area contributed by atoms with Crippen molar-refractivity contribution < 1.29 is 14.3 Å². The summed E-state index contributed by atoms with van der Waals surface area (Å²) in [7, 11) is 3.22. The Labute approximate surface area is 124 Å². The Hall–Kier alpha value is -1.17. The molecular formula is C14H21ClN2O3. The molecule has 0 spiro atoms. The molecule has 0 N–H and O–H groups in total. The van der Waals surface area contributed by atoms with E-state index in [-0.39, 0.29) is 11.9 Å². The molecular weight excluding hydrogens is 280 g/mol. The molecule has 1 atom stereocenters. The van der Waals surface area contributed by atoms with Crippen LogP contribution >= 0.6 is 11.6 Å². The van der Waals surface area contributed by atoms with Gasteiger partial charge >= 0.3 is 0 Å². The first-order chi connectivity index (χ1) is 9.49. The van der Waals surface area contributed by atoms with Gasteiger partial charge in [-0.1, -0.05) is 11.6 Å². The van der Waals surface area contributed by atoms with E-state index >= 15 is 0 Å². The van der Waals surface area contributed by atoms with Crippen LogP contribution in [0.5, 0.6) is 0 Å². The van der Waals surface area contributed by atoms with Crippen LogP contribution in [0, 0.1) is 6.92 Å². The molecule has 0 aliphatic carbocycles. The van der Waals surface area contributed by atoms with E-state index in [1.54, 1.807) is 38.2 Å². The van der Waals surface area contributed by atoms with Crippen molar-refractivity contribution in [1.29, 1.82) is 0 Å². The molecule has 6 heteroatoms. The zero-order valence-corrected chi connectivity index (χ0v) is 13.1. The first-order valence-corrected chi connectivity index (χ1v) is 6.80. The van der Waals surface area contributed by atoms with E-state index in [1.165, 1.54) is 0 Å². The van der Waals surface area contributed by atoms with Crippen molar-refractivity contribution in [3.63, 3.8) is 0 Å². The fourth-order valence-corrected chi connectivity index (χ4v) is 2.21. The van der Waals surface area contributed by atoms with Crippen molar-refractivity contribution in [3.8, 4) is 0 Å². The van der Waals surface area contributed by atoms with Gasteiger partial charge in [-0.25, -0.2) is 4.98 Å². The number of ether oxygens (including phenoxy) is 2. The summed E-state index contributed by atoms with van der Waals surface area (Å²) < 4.78 is 10.2. The molecule has 5 nitrogen and oxygen atoms in total. The Kier molecular flexibility index (Phi) is 6.91. The molecule has 1 aromatic rings. The second-order valence-electron chi connectivity index (χ2n) is 4.62. The summed E-state index contributed by atoms with van der Waals surface area (Å²) in [5, 5.41) is 0.319. The summed E-state index contributed by atoms with van der Waals surface area (Å²) in [5.74, 6) is -0.0981. The molecule has 0 fully saturated rings. The quantitative estimate of drug-likeness (QED) is 0.724. The minimum atomic E-state index is -0.0981. The Morgan fingerprint density at radius 2 is 2.10 bits per heavy atom. The van der Waals surface area contributed by atoms with E-state index < -0.39 is 0 Å². The number of aryl methyl sites for hydroxylation is 1. The van der Waals surface area contributed by atoms with Crippen LogP contribution in [0.25, 0.3) is 0 Å². The lowest BCUT2D eigenvalue weighted by molar-refractivity contribution is 0.0479. The van der Waals surface area contributed by atoms with Gasteiger partial charge in [0.15, 0.2) is 0 Å². The summed E-state index contributed by atoms with van der Waals surface area (Å²) >= 11 is 5.91. The molecule has 0 saturated heterocycles. The lowest BCUT2D eigenvalue weighted by Crippen LogP contribution is -2.43. The fraction of sp³-hybridized carbons (Fsp3) is 0.571. The molecule has 0 radical (unpaired) electrons. The van der Waals surface area contributed by atoms with Crippen LogP contribution in [-0.4, -0.2) is 55.8 Å². The van der Waals surface area contributed by atoms with E-state index in [0.717, 1.165) is 0 Å². The number of carbonyl (C=O) groups is 1. The van der Waals surface area contributed by atoms with E-state index in [4.69, 9.17) is 21.1 Å². The molecule has 0 aliphatic heterocycles. The molecule has 0 aromatic carbocycles. The van der Waals surface area contributed by atoms with Crippen LogP contribution in [0.2, 0.25) is 5.15 Å². The van der Waals surface area contributed by atoms with Gasteiger partial charge in [0.25, 0.3) is 5.91 Å². The van der Waals surface area contributed by atoms with Crippen LogP contribution < -0.4 is 0 Å². The van der Waals surface area contributed by atoms with Crippen molar-refractivity contribution >= 4 is 17.5 Å². The first-order valence-electron chi connectivity index (χ1n) is 6.42. The van der Waals surface area contributed by atoms with Crippen molar-refractivity contribution in [2.24, 2.45) is 0 Å². The zero-order chi connectivity index (χ0) is 15.1. The number of rotatable bonds is 7. The number of amides is 1. The topological polar surface area (TPSA) is 51.7 Å². The van der Waals surface area contributed by atoms with Crippen molar-refractivity contribution in [2.45, 2.75) is 19.9 Å². The molecule has 1 heterocycles. The highest BCUT2D eigenvalue weighted by Crippen LogP contribution is 2.14. The number of nitrogens with zero attached hydrogens (tertiary/aromatic N) is 2. The summed E-state index contributed by atoms with van der Waals surface area (Å²) in [5.41, 5.74) is 1.24. The number of carbonyl (C=O) groups excluding carboxylic acids is 1. The average Bonchev–Trinajstić information content (AvgIpc) is 2.38. The number of aromatic nitrogens is 1. The molecule has 1 unspecified atom stereocenters. The van der Waals surface area contributed by atoms with Crippen LogP contribution in [0.15, 0.2) is 12.1 Å². The van der Waals surface area contributed by atoms with Crippen LogP contribution in [0.1, 0.15) is 23.0 Å². The van der Waals surface area contributed by atoms with Crippen molar-refractivity contribution in [1.82, 2.24) is 9.88 Å². The molecule has 1 amide bonds. The second kappa shape index (κ2) is 8.19. The standard InChI is InChI=1S/C14H21ClN2O3/c1-10-7-12(8-13(15)16-10)14(18)17(5-6-19-3)11(2)9-20-4/h7-8,11H,5-6,9H2,1-4H3. The van der Waals surface area contributed by atoms with Gasteiger partial charge in [0.2, 0.25) is 0 Å². The average molecular weight is 301 g/mol. The van der Waals surface area contributed by atoms with E-state index in [0.29, 0.717) is 36.2 Å². The molecule has 112 valence electrons. The maximum Gasteiger partial charge on any atom is 0.254 e. The Bertz CT molecular complexity index is 434. The monoisotopic (exact) mass is 300 g/mol. The predicted molar refractivity (Wildman–Crippen MR) is 78.2 cm³/mol. The largest absolute Gasteiger partial charge is 0.383 e. The summed E-state index contributed by atoms with van der Waals surface area (Å²) in [6.45, 7) is 5.18. The minimum absolute atomic E-state index is 0.0464. The third kappa shape index (κ3) is 4.74. The Morgan fingerprint density at radius 1 is 1.40 bits per heavy atom. The highest BCUT2D eigenvalue weighted by Gasteiger charge is 2.22. The van der Waals surface area contributed by atoms with E-state index in [2.05, 4.69) is 4.98 Å². The third-order valence-corrected chi connectivity index (χ3v) is 3.10. The minimum Gasteiger partial charge on any atom is -0.383 e. The van der Waals surface area contributed by atoms with Crippen LogP contribution in [0.4, 0.5) is 0 Å². The number of methoxy groups -OCH3 is 2. The van der Waals surface area contributed by atoms with Gasteiger partial charge in [-0.3, -0.25) is 4.79 Å². The zero-order valence-electron chi connectivity index (χ0n) is 12.4. The molecule has 0 bridgehead atoms. The van der Waals surface area contributed by atoms with Crippen molar-refractivity contribution in [2.75, 3.05) is 34.0 Å². The Balaban J connectivity index is 2.96. The van der Waals surface area contributed by atoms with Gasteiger partial charge < -0.3 is 14.4 Å². The van der Waals surface area contributed by atoms with Gasteiger partial charge in [0.1, 0.15) is 5.15 Å². The molecule has 20 heavy (non-hydrogen) atoms. The first kappa shape index (κ1) is 16.9. The highest BCUT2D eigenvalue weighted by atomic mass is 35.5. The van der Waals surface area contributed by atoms with Gasteiger partial charge in [0, 0.05) is 32.0 Å². The van der Waals surface area contributed by atoms with Crippen LogP contribution in [0.3, 0.4) is 0 Å². The molecule has 0 saturated carbocycles. The highest BCUT2D eigenvalue weighted by molar-refractivity contribution is 6.29. The summed E-state index contributed by atoms with van der Waals surface area (Å²) in [4.78, 5) is 18.4. The van der Waals surface area contributed by atoms with Crippen molar-refractivity contribution in [3.05, 3.63) is 28.5 Å². The lowest BCUT2D eigenvalue weighted by Gasteiger charge is -2.28. The number of halogens is 1. The molecule has 1 aromatic heterocycles.